The van der Waals surface area contributed by atoms with Crippen LogP contribution in [0.3, 0.4) is 0 Å². The predicted molar refractivity (Wildman–Crippen MR) is 60.6 cm³/mol. The van der Waals surface area contributed by atoms with Crippen molar-refractivity contribution in [3.8, 4) is 5.75 Å². The summed E-state index contributed by atoms with van der Waals surface area (Å²) in [5.41, 5.74) is 0.315. The van der Waals surface area contributed by atoms with Crippen molar-refractivity contribution in [2.75, 3.05) is 13.9 Å². The van der Waals surface area contributed by atoms with Crippen molar-refractivity contribution in [1.29, 1.82) is 0 Å². The highest BCUT2D eigenvalue weighted by molar-refractivity contribution is 7.78. The molecule has 0 aliphatic carbocycles. The maximum atomic E-state index is 10.9. The molecule has 0 spiro atoms. The fourth-order valence-corrected chi connectivity index (χ4v) is 1.20. The first-order valence-corrected chi connectivity index (χ1v) is 4.67. The van der Waals surface area contributed by atoms with Crippen LogP contribution in [0.5, 0.6) is 5.75 Å². The van der Waals surface area contributed by atoms with E-state index >= 15 is 0 Å². The van der Waals surface area contributed by atoms with E-state index in [9.17, 15) is 4.79 Å². The molecule has 0 aliphatic rings. The summed E-state index contributed by atoms with van der Waals surface area (Å²) in [6, 6.07) is 4.54. The molecule has 0 bridgehead atoms. The van der Waals surface area contributed by atoms with Crippen molar-refractivity contribution in [2.45, 2.75) is 0 Å². The van der Waals surface area contributed by atoms with Crippen molar-refractivity contribution in [3.63, 3.8) is 0 Å². The molecule has 1 aromatic carbocycles. The molecule has 0 saturated heterocycles. The minimum Gasteiger partial charge on any atom is -0.478 e. The normalized spacial score (nSPS) is 9.31. The summed E-state index contributed by atoms with van der Waals surface area (Å²) in [5, 5.41) is 11.1. The van der Waals surface area contributed by atoms with Crippen molar-refractivity contribution in [2.24, 2.45) is 4.99 Å². The van der Waals surface area contributed by atoms with Gasteiger partial charge in [-0.3, -0.25) is 0 Å². The van der Waals surface area contributed by atoms with Gasteiger partial charge in [0.15, 0.2) is 12.5 Å². The van der Waals surface area contributed by atoms with Gasteiger partial charge < -0.3 is 14.6 Å². The van der Waals surface area contributed by atoms with Crippen molar-refractivity contribution in [1.82, 2.24) is 0 Å². The third-order valence-corrected chi connectivity index (χ3v) is 1.80. The predicted octanol–water partition coefficient (Wildman–Crippen LogP) is 2.10. The van der Waals surface area contributed by atoms with Crippen LogP contribution in [-0.4, -0.2) is 30.1 Å². The van der Waals surface area contributed by atoms with E-state index in [2.05, 4.69) is 22.4 Å². The number of carboxylic acid groups (broad SMARTS) is 1. The van der Waals surface area contributed by atoms with Gasteiger partial charge in [0.1, 0.15) is 11.3 Å². The number of carboxylic acids is 1. The summed E-state index contributed by atoms with van der Waals surface area (Å²) in [5.74, 6) is -0.985. The Balaban J connectivity index is 3.22. The van der Waals surface area contributed by atoms with Crippen molar-refractivity contribution in [3.05, 3.63) is 23.8 Å². The molecule has 16 heavy (non-hydrogen) atoms. The molecule has 0 amide bonds. The van der Waals surface area contributed by atoms with Gasteiger partial charge in [-0.25, -0.2) is 4.79 Å². The maximum absolute atomic E-state index is 10.9. The van der Waals surface area contributed by atoms with Gasteiger partial charge >= 0.3 is 5.97 Å². The number of rotatable bonds is 5. The number of isothiocyanates is 1. The lowest BCUT2D eigenvalue weighted by atomic mass is 10.2. The molecule has 0 saturated carbocycles. The smallest absolute Gasteiger partial charge is 0.339 e. The van der Waals surface area contributed by atoms with Crippen LogP contribution in [0.15, 0.2) is 23.2 Å². The molecule has 0 fully saturated rings. The Hall–Kier alpha value is -1.75. The van der Waals surface area contributed by atoms with Gasteiger partial charge in [0.2, 0.25) is 0 Å². The zero-order valence-electron chi connectivity index (χ0n) is 8.47. The monoisotopic (exact) mass is 239 g/mol. The Morgan fingerprint density at radius 3 is 2.94 bits per heavy atom. The highest BCUT2D eigenvalue weighted by Gasteiger charge is 2.15. The van der Waals surface area contributed by atoms with E-state index in [4.69, 9.17) is 14.6 Å². The Kier molecular flexibility index (Phi) is 4.60. The summed E-state index contributed by atoms with van der Waals surface area (Å²) in [6.45, 7) is -0.0652. The van der Waals surface area contributed by atoms with Crippen LogP contribution in [0.25, 0.3) is 0 Å². The average molecular weight is 239 g/mol. The number of para-hydroxylation sites is 1. The largest absolute Gasteiger partial charge is 0.478 e. The molecule has 84 valence electrons. The number of thiocarbonyl (C=S) groups is 1. The number of nitrogens with zero attached hydrogens (tertiary/aromatic N) is 1. The molecule has 0 aromatic heterocycles. The maximum Gasteiger partial charge on any atom is 0.339 e. The van der Waals surface area contributed by atoms with Gasteiger partial charge in [0.05, 0.1) is 5.16 Å². The van der Waals surface area contributed by atoms with E-state index in [0.717, 1.165) is 0 Å². The lowest BCUT2D eigenvalue weighted by molar-refractivity contribution is 0.0487. The van der Waals surface area contributed by atoms with Gasteiger partial charge in [0.25, 0.3) is 0 Å². The number of hydrogen-bond donors (Lipinski definition) is 1. The summed E-state index contributed by atoms with van der Waals surface area (Å²) >= 11 is 4.46. The number of methoxy groups -OCH3 is 1. The first kappa shape index (κ1) is 12.3. The first-order valence-electron chi connectivity index (χ1n) is 4.26. The Labute approximate surface area is 97.3 Å². The Morgan fingerprint density at radius 1 is 1.62 bits per heavy atom. The van der Waals surface area contributed by atoms with Gasteiger partial charge in [-0.2, -0.15) is 4.99 Å². The lowest BCUT2D eigenvalue weighted by Gasteiger charge is -2.09. The highest BCUT2D eigenvalue weighted by Crippen LogP contribution is 2.31. The highest BCUT2D eigenvalue weighted by atomic mass is 32.1. The SMILES string of the molecule is COCOc1c(N=C=S)cccc1C(=O)O. The van der Waals surface area contributed by atoms with E-state index in [-0.39, 0.29) is 18.1 Å². The molecule has 6 heteroatoms. The second-order valence-corrected chi connectivity index (χ2v) is 2.90. The van der Waals surface area contributed by atoms with Crippen LogP contribution in [0.4, 0.5) is 5.69 Å². The minimum atomic E-state index is -1.10. The third kappa shape index (κ3) is 2.87. The zero-order chi connectivity index (χ0) is 12.0. The number of ether oxygens (including phenoxy) is 2. The fraction of sp³-hybridized carbons (Fsp3) is 0.200. The molecule has 0 radical (unpaired) electrons. The van der Waals surface area contributed by atoms with E-state index in [1.54, 1.807) is 12.1 Å². The molecule has 1 rings (SSSR count). The summed E-state index contributed by atoms with van der Waals surface area (Å²) in [6.07, 6.45) is 0. The number of carbonyl (C=O) groups is 1. The zero-order valence-corrected chi connectivity index (χ0v) is 9.28. The van der Waals surface area contributed by atoms with Gasteiger partial charge in [-0.1, -0.05) is 6.07 Å². The van der Waals surface area contributed by atoms with E-state index in [1.165, 1.54) is 13.2 Å². The Bertz CT molecular complexity index is 420. The molecule has 1 aromatic rings. The number of aromatic carboxylic acids is 1. The van der Waals surface area contributed by atoms with Gasteiger partial charge in [0, 0.05) is 7.11 Å². The van der Waals surface area contributed by atoms with Crippen LogP contribution in [0.2, 0.25) is 0 Å². The Morgan fingerprint density at radius 2 is 2.38 bits per heavy atom. The first-order chi connectivity index (χ1) is 7.70. The third-order valence-electron chi connectivity index (χ3n) is 1.71. The molecular weight excluding hydrogens is 230 g/mol. The molecule has 5 nitrogen and oxygen atoms in total. The number of benzene rings is 1. The van der Waals surface area contributed by atoms with Gasteiger partial charge in [-0.05, 0) is 24.4 Å². The standard InChI is InChI=1S/C10H9NO4S/c1-14-6-15-9-7(10(12)13)3-2-4-8(9)11-5-16/h2-4H,6H2,1H3,(H,12,13). The summed E-state index contributed by atoms with van der Waals surface area (Å²) in [4.78, 5) is 14.7. The van der Waals surface area contributed by atoms with E-state index in [1.807, 2.05) is 0 Å². The van der Waals surface area contributed by atoms with Crippen LogP contribution in [0, 0.1) is 0 Å². The van der Waals surface area contributed by atoms with Gasteiger partial charge in [-0.15, -0.1) is 0 Å². The molecule has 0 heterocycles. The quantitative estimate of drug-likeness (QED) is 0.484. The summed E-state index contributed by atoms with van der Waals surface area (Å²) < 4.78 is 9.86. The number of hydrogen-bond acceptors (Lipinski definition) is 5. The number of aliphatic imine (C=N–C) groups is 1. The fourth-order valence-electron chi connectivity index (χ4n) is 1.10. The van der Waals surface area contributed by atoms with Crippen molar-refractivity contribution >= 4 is 29.0 Å². The average Bonchev–Trinajstić information content (AvgIpc) is 2.27. The second kappa shape index (κ2) is 5.97. The minimum absolute atomic E-state index is 0.00329. The topological polar surface area (TPSA) is 68.1 Å². The summed E-state index contributed by atoms with van der Waals surface area (Å²) in [7, 11) is 1.44. The van der Waals surface area contributed by atoms with Crippen molar-refractivity contribution < 1.29 is 19.4 Å². The van der Waals surface area contributed by atoms with Crippen LogP contribution in [-0.2, 0) is 4.74 Å². The van der Waals surface area contributed by atoms with Crippen LogP contribution < -0.4 is 4.74 Å². The molecule has 0 unspecified atom stereocenters. The molecular formula is C10H9NO4S. The van der Waals surface area contributed by atoms with E-state index < -0.39 is 5.97 Å². The lowest BCUT2D eigenvalue weighted by Crippen LogP contribution is -2.05. The van der Waals surface area contributed by atoms with Crippen LogP contribution in [0.1, 0.15) is 10.4 Å². The van der Waals surface area contributed by atoms with Crippen LogP contribution >= 0.6 is 12.2 Å². The molecule has 0 aliphatic heterocycles. The van der Waals surface area contributed by atoms with E-state index in [0.29, 0.717) is 5.69 Å². The molecule has 1 N–H and O–H groups in total. The molecule has 0 atom stereocenters. The second-order valence-electron chi connectivity index (χ2n) is 2.71.